The first-order chi connectivity index (χ1) is 12.8. The summed E-state index contributed by atoms with van der Waals surface area (Å²) in [5.74, 6) is -0.875. The molecular weight excluding hydrogens is 352 g/mol. The maximum absolute atomic E-state index is 12.5. The number of phenolic OH excluding ortho intramolecular Hbond substituents is 1. The van der Waals surface area contributed by atoms with Crippen LogP contribution in [-0.2, 0) is 0 Å². The third-order valence-electron chi connectivity index (χ3n) is 4.11. The number of rotatable bonds is 4. The Morgan fingerprint density at radius 3 is 2.63 bits per heavy atom. The molecule has 0 aliphatic rings. The third-order valence-corrected chi connectivity index (χ3v) is 4.11. The lowest BCUT2D eigenvalue weighted by atomic mass is 10.1. The summed E-state index contributed by atoms with van der Waals surface area (Å²) in [6.45, 7) is 1.03. The molecular formula is C18H18N4O5. The van der Waals surface area contributed by atoms with Gasteiger partial charge in [-0.15, -0.1) is 0 Å². The first kappa shape index (κ1) is 18.3. The maximum atomic E-state index is 12.5. The molecule has 1 aromatic heterocycles. The number of fused-ring (bicyclic) bond motifs is 2. The summed E-state index contributed by atoms with van der Waals surface area (Å²) in [6.07, 6.45) is 0.603. The van der Waals surface area contributed by atoms with Gasteiger partial charge in [0.15, 0.2) is 0 Å². The smallest absolute Gasteiger partial charge is 0.253 e. The SMILES string of the molecule is CN(C)CCNC(=O)c1ccc(=O)c2nc3/c(=C\O)c(O)cc(=O)c3[nH]c12. The monoisotopic (exact) mass is 370 g/mol. The molecule has 3 rings (SSSR count). The van der Waals surface area contributed by atoms with Crippen LogP contribution in [0, 0.1) is 0 Å². The van der Waals surface area contributed by atoms with Gasteiger partial charge in [-0.1, -0.05) is 0 Å². The van der Waals surface area contributed by atoms with Gasteiger partial charge >= 0.3 is 0 Å². The Bertz CT molecular complexity index is 1220. The Morgan fingerprint density at radius 2 is 1.96 bits per heavy atom. The molecule has 0 saturated heterocycles. The van der Waals surface area contributed by atoms with E-state index in [1.165, 1.54) is 12.1 Å². The van der Waals surface area contributed by atoms with Gasteiger partial charge in [0.25, 0.3) is 5.91 Å². The van der Waals surface area contributed by atoms with E-state index in [1.807, 2.05) is 19.0 Å². The van der Waals surface area contributed by atoms with Gasteiger partial charge in [-0.05, 0) is 26.2 Å². The molecule has 0 bridgehead atoms. The highest BCUT2D eigenvalue weighted by Gasteiger charge is 2.16. The largest absolute Gasteiger partial charge is 0.515 e. The van der Waals surface area contributed by atoms with E-state index in [-0.39, 0.29) is 32.8 Å². The molecule has 0 aliphatic heterocycles. The molecule has 140 valence electrons. The molecule has 0 saturated carbocycles. The number of aromatic nitrogens is 2. The van der Waals surface area contributed by atoms with E-state index in [0.29, 0.717) is 19.4 Å². The number of aliphatic hydroxyl groups is 1. The Morgan fingerprint density at radius 1 is 1.22 bits per heavy atom. The van der Waals surface area contributed by atoms with Crippen molar-refractivity contribution in [2.45, 2.75) is 0 Å². The van der Waals surface area contributed by atoms with Crippen LogP contribution < -0.4 is 21.4 Å². The first-order valence-electron chi connectivity index (χ1n) is 8.13. The fraction of sp³-hybridized carbons (Fsp3) is 0.222. The van der Waals surface area contributed by atoms with Gasteiger partial charge < -0.3 is 25.4 Å². The normalized spacial score (nSPS) is 12.2. The molecule has 27 heavy (non-hydrogen) atoms. The zero-order chi connectivity index (χ0) is 19.7. The molecule has 1 amide bonds. The summed E-state index contributed by atoms with van der Waals surface area (Å²) in [4.78, 5) is 45.8. The molecule has 0 aliphatic carbocycles. The molecule has 0 fully saturated rings. The quantitative estimate of drug-likeness (QED) is 0.452. The van der Waals surface area contributed by atoms with Crippen LogP contribution in [0.4, 0.5) is 0 Å². The van der Waals surface area contributed by atoms with Crippen LogP contribution in [0.15, 0.2) is 27.8 Å². The van der Waals surface area contributed by atoms with Crippen molar-refractivity contribution in [2.24, 2.45) is 0 Å². The lowest BCUT2D eigenvalue weighted by molar-refractivity contribution is 0.0952. The second-order valence-corrected chi connectivity index (χ2v) is 6.29. The van der Waals surface area contributed by atoms with Crippen LogP contribution in [0.3, 0.4) is 0 Å². The molecule has 0 radical (unpaired) electrons. The summed E-state index contributed by atoms with van der Waals surface area (Å²) in [5, 5.41) is 21.8. The van der Waals surface area contributed by atoms with Crippen LogP contribution in [0.25, 0.3) is 28.3 Å². The Labute approximate surface area is 152 Å². The summed E-state index contributed by atoms with van der Waals surface area (Å²) < 4.78 is 0. The zero-order valence-corrected chi connectivity index (χ0v) is 14.7. The summed E-state index contributed by atoms with van der Waals surface area (Å²) in [7, 11) is 3.75. The fourth-order valence-corrected chi connectivity index (χ4v) is 2.73. The van der Waals surface area contributed by atoms with E-state index >= 15 is 0 Å². The topological polar surface area (TPSA) is 136 Å². The third kappa shape index (κ3) is 3.32. The highest BCUT2D eigenvalue weighted by atomic mass is 16.3. The number of phenols is 1. The molecule has 0 atom stereocenters. The number of nitrogens with one attached hydrogen (secondary N) is 2. The highest BCUT2D eigenvalue weighted by molar-refractivity contribution is 6.06. The number of aromatic hydroxyl groups is 1. The van der Waals surface area contributed by atoms with Crippen LogP contribution >= 0.6 is 0 Å². The number of benzene rings is 2. The van der Waals surface area contributed by atoms with Crippen LogP contribution in [0.1, 0.15) is 10.4 Å². The van der Waals surface area contributed by atoms with E-state index in [2.05, 4.69) is 15.3 Å². The van der Waals surface area contributed by atoms with Gasteiger partial charge in [0.1, 0.15) is 22.3 Å². The minimum atomic E-state index is -0.585. The van der Waals surface area contributed by atoms with E-state index in [4.69, 9.17) is 0 Å². The number of hydrogen-bond acceptors (Lipinski definition) is 7. The summed E-state index contributed by atoms with van der Waals surface area (Å²) in [5.41, 5.74) is -0.934. The van der Waals surface area contributed by atoms with Crippen LogP contribution in [0.5, 0.6) is 5.75 Å². The van der Waals surface area contributed by atoms with Gasteiger partial charge in [0.05, 0.1) is 22.6 Å². The first-order valence-corrected chi connectivity index (χ1v) is 8.13. The number of hydrogen-bond donors (Lipinski definition) is 4. The number of amides is 1. The molecule has 1 heterocycles. The van der Waals surface area contributed by atoms with Crippen molar-refractivity contribution in [1.82, 2.24) is 20.2 Å². The number of H-pyrrole nitrogens is 1. The molecule has 3 aromatic rings. The average Bonchev–Trinajstić information content (AvgIpc) is 2.61. The molecule has 9 heteroatoms. The number of carbonyl (C=O) groups is 1. The maximum Gasteiger partial charge on any atom is 0.253 e. The van der Waals surface area contributed by atoms with E-state index in [0.717, 1.165) is 6.07 Å². The minimum absolute atomic E-state index is 0.0338. The van der Waals surface area contributed by atoms with Gasteiger partial charge in [-0.3, -0.25) is 14.4 Å². The minimum Gasteiger partial charge on any atom is -0.515 e. The lowest BCUT2D eigenvalue weighted by Gasteiger charge is -2.11. The van der Waals surface area contributed by atoms with E-state index in [1.54, 1.807) is 0 Å². The van der Waals surface area contributed by atoms with Crippen molar-refractivity contribution in [1.29, 1.82) is 0 Å². The molecule has 0 spiro atoms. The lowest BCUT2D eigenvalue weighted by Crippen LogP contribution is -2.31. The molecule has 9 nitrogen and oxygen atoms in total. The van der Waals surface area contributed by atoms with Crippen LogP contribution in [-0.4, -0.2) is 58.2 Å². The average molecular weight is 370 g/mol. The van der Waals surface area contributed by atoms with Crippen molar-refractivity contribution in [3.05, 3.63) is 49.4 Å². The van der Waals surface area contributed by atoms with Gasteiger partial charge in [-0.2, -0.15) is 0 Å². The van der Waals surface area contributed by atoms with Crippen molar-refractivity contribution in [3.8, 4) is 5.75 Å². The number of likely N-dealkylation sites (N-methyl/N-ethyl adjacent to an activating group) is 1. The second kappa shape index (κ2) is 7.04. The van der Waals surface area contributed by atoms with E-state index < -0.39 is 22.5 Å². The molecule has 0 unspecified atom stereocenters. The van der Waals surface area contributed by atoms with Crippen molar-refractivity contribution >= 4 is 34.2 Å². The van der Waals surface area contributed by atoms with Crippen molar-refractivity contribution < 1.29 is 15.0 Å². The number of nitrogens with zero attached hydrogens (tertiary/aromatic N) is 2. The van der Waals surface area contributed by atoms with Gasteiger partial charge in [0.2, 0.25) is 10.9 Å². The van der Waals surface area contributed by atoms with Crippen molar-refractivity contribution in [3.63, 3.8) is 0 Å². The number of aliphatic hydroxyl groups excluding tert-OH is 1. The van der Waals surface area contributed by atoms with Gasteiger partial charge in [0, 0.05) is 19.2 Å². The Balaban J connectivity index is 2.26. The molecule has 2 aromatic carbocycles. The van der Waals surface area contributed by atoms with Gasteiger partial charge in [-0.25, -0.2) is 4.98 Å². The molecule has 4 N–H and O–H groups in total. The second-order valence-electron chi connectivity index (χ2n) is 6.29. The summed E-state index contributed by atoms with van der Waals surface area (Å²) >= 11 is 0. The van der Waals surface area contributed by atoms with Crippen molar-refractivity contribution in [2.75, 3.05) is 27.2 Å². The van der Waals surface area contributed by atoms with E-state index in [9.17, 15) is 24.6 Å². The predicted molar refractivity (Wildman–Crippen MR) is 101 cm³/mol. The fourth-order valence-electron chi connectivity index (χ4n) is 2.73. The van der Waals surface area contributed by atoms with Crippen LogP contribution in [0.2, 0.25) is 0 Å². The number of aromatic amines is 1. The predicted octanol–water partition coefficient (Wildman–Crippen LogP) is -0.552. The Hall–Kier alpha value is -3.46. The zero-order valence-electron chi connectivity index (χ0n) is 14.7. The highest BCUT2D eigenvalue weighted by Crippen LogP contribution is 2.15. The standard InChI is InChI=1S/C18H18N4O5/c1-22(2)6-5-19-18(27)9-3-4-11(24)16-14(9)20-17-13(26)7-12(25)10(8-23)15(17)21-16/h3-4,7-8,20,23,25H,5-6H2,1-2H3,(H,19,27)/b10-8-. The summed E-state index contributed by atoms with van der Waals surface area (Å²) in [6, 6.07) is 3.50. The number of carbonyl (C=O) groups excluding carboxylic acids is 1. The Kier molecular flexibility index (Phi) is 4.78.